The summed E-state index contributed by atoms with van der Waals surface area (Å²) < 4.78 is 33.1. The van der Waals surface area contributed by atoms with Crippen molar-refractivity contribution in [1.82, 2.24) is 14.5 Å². The summed E-state index contributed by atoms with van der Waals surface area (Å²) in [6.07, 6.45) is 0. The van der Waals surface area contributed by atoms with Gasteiger partial charge in [-0.3, -0.25) is 0 Å². The zero-order chi connectivity index (χ0) is 17.0. The first kappa shape index (κ1) is 17.7. The molecule has 0 amide bonds. The highest BCUT2D eigenvalue weighted by molar-refractivity contribution is 7.89. The molecule has 0 spiro atoms. The Hall–Kier alpha value is -1.70. The summed E-state index contributed by atoms with van der Waals surface area (Å²) in [5.74, 6) is -0.0440. The minimum Gasteiger partial charge on any atom is -0.384 e. The van der Waals surface area contributed by atoms with E-state index in [2.05, 4.69) is 9.82 Å². The van der Waals surface area contributed by atoms with Gasteiger partial charge in [-0.25, -0.2) is 17.8 Å². The summed E-state index contributed by atoms with van der Waals surface area (Å²) in [4.78, 5) is 0. The van der Waals surface area contributed by atoms with Gasteiger partial charge < -0.3 is 4.74 Å². The lowest BCUT2D eigenvalue weighted by atomic mass is 10.1. The topological polar surface area (TPSA) is 73.2 Å². The molecule has 23 heavy (non-hydrogen) atoms. The Balaban J connectivity index is 2.11. The molecule has 1 N–H and O–H groups in total. The third-order valence-electron chi connectivity index (χ3n) is 3.56. The number of aromatic nitrogens is 2. The number of sulfonamides is 1. The monoisotopic (exact) mass is 337 g/mol. The molecule has 0 aliphatic heterocycles. The van der Waals surface area contributed by atoms with Gasteiger partial charge in [0, 0.05) is 18.8 Å². The second-order valence-corrected chi connectivity index (χ2v) is 7.46. The number of benzene rings is 1. The predicted molar refractivity (Wildman–Crippen MR) is 90.3 cm³/mol. The maximum absolute atomic E-state index is 11.9. The molecule has 2 aromatic rings. The van der Waals surface area contributed by atoms with E-state index in [-0.39, 0.29) is 18.4 Å². The molecule has 0 saturated carbocycles. The molecular weight excluding hydrogens is 314 g/mol. The van der Waals surface area contributed by atoms with E-state index in [0.29, 0.717) is 0 Å². The molecule has 1 aromatic carbocycles. The molecule has 1 heterocycles. The third-order valence-corrected chi connectivity index (χ3v) is 4.98. The van der Waals surface area contributed by atoms with Crippen molar-refractivity contribution in [3.63, 3.8) is 0 Å². The minimum atomic E-state index is -3.35. The molecule has 0 bridgehead atoms. The summed E-state index contributed by atoms with van der Waals surface area (Å²) in [5.41, 5.74) is 3.87. The van der Waals surface area contributed by atoms with Crippen LogP contribution in [0, 0.1) is 13.8 Å². The average Bonchev–Trinajstić information content (AvgIpc) is 2.83. The highest BCUT2D eigenvalue weighted by Crippen LogP contribution is 2.18. The summed E-state index contributed by atoms with van der Waals surface area (Å²) in [6.45, 7) is 5.96. The lowest BCUT2D eigenvalue weighted by Crippen LogP contribution is -2.30. The zero-order valence-corrected chi connectivity index (χ0v) is 14.7. The van der Waals surface area contributed by atoms with Crippen LogP contribution in [-0.2, 0) is 14.8 Å². The summed E-state index contributed by atoms with van der Waals surface area (Å²) in [6, 6.07) is 9.42. The molecule has 0 saturated heterocycles. The molecule has 2 rings (SSSR count). The van der Waals surface area contributed by atoms with E-state index in [9.17, 15) is 8.42 Å². The van der Waals surface area contributed by atoms with Crippen LogP contribution in [0.25, 0.3) is 5.69 Å². The maximum atomic E-state index is 11.9. The van der Waals surface area contributed by atoms with E-state index >= 15 is 0 Å². The van der Waals surface area contributed by atoms with Crippen LogP contribution in [0.15, 0.2) is 30.3 Å². The number of hydrogen-bond donors (Lipinski definition) is 1. The average molecular weight is 337 g/mol. The molecule has 0 fully saturated rings. The van der Waals surface area contributed by atoms with Gasteiger partial charge in [0.05, 0.1) is 23.7 Å². The Kier molecular flexibility index (Phi) is 5.56. The normalized spacial score (nSPS) is 13.2. The fraction of sp³-hybridized carbons (Fsp3) is 0.438. The van der Waals surface area contributed by atoms with Crippen molar-refractivity contribution in [2.75, 3.05) is 19.5 Å². The van der Waals surface area contributed by atoms with E-state index in [1.807, 2.05) is 55.8 Å². The fourth-order valence-corrected chi connectivity index (χ4v) is 3.56. The largest absolute Gasteiger partial charge is 0.384 e. The Morgan fingerprint density at radius 2 is 1.91 bits per heavy atom. The van der Waals surface area contributed by atoms with Gasteiger partial charge in [0.15, 0.2) is 0 Å². The highest BCUT2D eigenvalue weighted by atomic mass is 32.2. The van der Waals surface area contributed by atoms with Gasteiger partial charge in [-0.1, -0.05) is 12.1 Å². The van der Waals surface area contributed by atoms with Crippen LogP contribution >= 0.6 is 0 Å². The predicted octanol–water partition coefficient (Wildman–Crippen LogP) is 2.12. The number of hydrogen-bond acceptors (Lipinski definition) is 4. The van der Waals surface area contributed by atoms with E-state index in [0.717, 1.165) is 22.6 Å². The minimum absolute atomic E-state index is 0.0440. The van der Waals surface area contributed by atoms with Gasteiger partial charge in [-0.15, -0.1) is 0 Å². The van der Waals surface area contributed by atoms with Gasteiger partial charge in [-0.2, -0.15) is 5.10 Å². The quantitative estimate of drug-likeness (QED) is 0.840. The van der Waals surface area contributed by atoms with Crippen molar-refractivity contribution in [2.24, 2.45) is 0 Å². The van der Waals surface area contributed by atoms with E-state index < -0.39 is 10.0 Å². The van der Waals surface area contributed by atoms with Gasteiger partial charge >= 0.3 is 0 Å². The van der Waals surface area contributed by atoms with E-state index in [1.54, 1.807) is 0 Å². The van der Waals surface area contributed by atoms with Crippen LogP contribution in [0.1, 0.15) is 29.9 Å². The van der Waals surface area contributed by atoms with Crippen LogP contribution in [-0.4, -0.2) is 37.7 Å². The van der Waals surface area contributed by atoms with Crippen molar-refractivity contribution in [1.29, 1.82) is 0 Å². The summed E-state index contributed by atoms with van der Waals surface area (Å²) in [5, 5.41) is 4.44. The molecule has 0 aliphatic carbocycles. The molecule has 6 nitrogen and oxygen atoms in total. The Bertz CT molecular complexity index is 751. The summed E-state index contributed by atoms with van der Waals surface area (Å²) >= 11 is 0. The van der Waals surface area contributed by atoms with E-state index in [1.165, 1.54) is 7.11 Å². The number of nitrogens with one attached hydrogen (secondary N) is 1. The second kappa shape index (κ2) is 7.25. The molecular formula is C16H23N3O3S. The van der Waals surface area contributed by atoms with Crippen molar-refractivity contribution < 1.29 is 13.2 Å². The van der Waals surface area contributed by atoms with Crippen LogP contribution in [0.4, 0.5) is 0 Å². The Labute approximate surface area is 137 Å². The van der Waals surface area contributed by atoms with Crippen molar-refractivity contribution in [2.45, 2.75) is 26.8 Å². The smallest absolute Gasteiger partial charge is 0.214 e. The van der Waals surface area contributed by atoms with Crippen molar-refractivity contribution in [3.8, 4) is 5.69 Å². The Morgan fingerprint density at radius 1 is 1.26 bits per heavy atom. The molecule has 7 heteroatoms. The SMILES string of the molecule is COCCS(=O)(=O)N[C@H](C)c1ccc(-n2nc(C)cc2C)cc1. The van der Waals surface area contributed by atoms with Crippen molar-refractivity contribution >= 4 is 10.0 Å². The molecule has 0 radical (unpaired) electrons. The molecule has 1 aromatic heterocycles. The van der Waals surface area contributed by atoms with E-state index in [4.69, 9.17) is 4.74 Å². The standard InChI is InChI=1S/C16H23N3O3S/c1-12-11-13(2)19(17-12)16-7-5-15(6-8-16)14(3)18-23(20,21)10-9-22-4/h5-8,11,14,18H,9-10H2,1-4H3/t14-/m1/s1. The zero-order valence-electron chi connectivity index (χ0n) is 13.9. The first-order chi connectivity index (χ1) is 10.8. The number of ether oxygens (including phenoxy) is 1. The van der Waals surface area contributed by atoms with Gasteiger partial charge in [0.1, 0.15) is 0 Å². The molecule has 126 valence electrons. The lowest BCUT2D eigenvalue weighted by Gasteiger charge is -2.15. The van der Waals surface area contributed by atoms with Gasteiger partial charge in [-0.05, 0) is 44.5 Å². The number of aryl methyl sites for hydroxylation is 2. The molecule has 1 atom stereocenters. The van der Waals surface area contributed by atoms with Crippen LogP contribution in [0.2, 0.25) is 0 Å². The molecule has 0 aliphatic rings. The van der Waals surface area contributed by atoms with Gasteiger partial charge in [0.2, 0.25) is 10.0 Å². The van der Waals surface area contributed by atoms with Crippen LogP contribution < -0.4 is 4.72 Å². The molecule has 0 unspecified atom stereocenters. The highest BCUT2D eigenvalue weighted by Gasteiger charge is 2.15. The fourth-order valence-electron chi connectivity index (χ4n) is 2.38. The van der Waals surface area contributed by atoms with Gasteiger partial charge in [0.25, 0.3) is 0 Å². The lowest BCUT2D eigenvalue weighted by molar-refractivity contribution is 0.216. The Morgan fingerprint density at radius 3 is 2.43 bits per heavy atom. The maximum Gasteiger partial charge on any atom is 0.214 e. The van der Waals surface area contributed by atoms with Crippen molar-refractivity contribution in [3.05, 3.63) is 47.3 Å². The van der Waals surface area contributed by atoms with Crippen LogP contribution in [0.3, 0.4) is 0 Å². The number of rotatable bonds is 7. The number of nitrogens with zero attached hydrogens (tertiary/aromatic N) is 2. The third kappa shape index (κ3) is 4.63. The first-order valence-corrected chi connectivity index (χ1v) is 9.10. The van der Waals surface area contributed by atoms with Crippen LogP contribution in [0.5, 0.6) is 0 Å². The first-order valence-electron chi connectivity index (χ1n) is 7.45. The second-order valence-electron chi connectivity index (χ2n) is 5.58. The summed E-state index contributed by atoms with van der Waals surface area (Å²) in [7, 11) is -1.87. The number of methoxy groups -OCH3 is 1.